The molecule has 0 bridgehead atoms. The SMILES string of the molecule is C=C(C)CO[C@@H]([C@H](C)O)[C@H](COC[C@H](CC(=O)OCc1ccccc1)C(=O)OC)OCC(=C)C. The first-order valence-electron chi connectivity index (χ1n) is 11.2. The zero-order chi connectivity index (χ0) is 25.5. The van der Waals surface area contributed by atoms with Crippen LogP contribution >= 0.6 is 0 Å². The molecule has 0 saturated carbocycles. The summed E-state index contributed by atoms with van der Waals surface area (Å²) >= 11 is 0. The highest BCUT2D eigenvalue weighted by Crippen LogP contribution is 2.15. The fourth-order valence-corrected chi connectivity index (χ4v) is 2.98. The van der Waals surface area contributed by atoms with Crippen LogP contribution in [0.2, 0.25) is 0 Å². The van der Waals surface area contributed by atoms with E-state index in [1.165, 1.54) is 7.11 Å². The van der Waals surface area contributed by atoms with E-state index in [1.54, 1.807) is 6.92 Å². The number of aliphatic hydroxyl groups excluding tert-OH is 1. The standard InChI is InChI=1S/C26H38O8/c1-18(2)13-32-23(25(20(5)27)34-14-19(3)4)17-31-16-22(26(29)30-6)12-24(28)33-15-21-10-8-7-9-11-21/h7-11,20,22-23,25,27H,1,3,12-17H2,2,4-6H3/t20-,22-,23-,25-/m0/s1. The Morgan fingerprint density at radius 2 is 1.62 bits per heavy atom. The number of carbonyl (C=O) groups excluding carboxylic acids is 2. The minimum atomic E-state index is -0.851. The molecule has 1 aromatic carbocycles. The van der Waals surface area contributed by atoms with Gasteiger partial charge in [-0.3, -0.25) is 9.59 Å². The van der Waals surface area contributed by atoms with Crippen molar-refractivity contribution in [3.8, 4) is 0 Å². The maximum atomic E-state index is 12.3. The second kappa shape index (κ2) is 16.2. The molecule has 0 aliphatic heterocycles. The van der Waals surface area contributed by atoms with Gasteiger partial charge in [-0.15, -0.1) is 0 Å². The molecule has 34 heavy (non-hydrogen) atoms. The Balaban J connectivity index is 2.72. The van der Waals surface area contributed by atoms with Crippen molar-refractivity contribution in [2.24, 2.45) is 5.92 Å². The minimum Gasteiger partial charge on any atom is -0.469 e. The number of hydrogen-bond acceptors (Lipinski definition) is 8. The third-order valence-corrected chi connectivity index (χ3v) is 4.70. The normalized spacial score (nSPS) is 14.5. The Morgan fingerprint density at radius 3 is 2.18 bits per heavy atom. The molecule has 0 amide bonds. The minimum absolute atomic E-state index is 0.0194. The van der Waals surface area contributed by atoms with Gasteiger partial charge in [0.2, 0.25) is 0 Å². The molecule has 0 saturated heterocycles. The Bertz CT molecular complexity index is 774. The van der Waals surface area contributed by atoms with Crippen molar-refractivity contribution in [2.45, 2.75) is 52.1 Å². The number of hydrogen-bond donors (Lipinski definition) is 1. The summed E-state index contributed by atoms with van der Waals surface area (Å²) in [5.74, 6) is -1.97. The molecule has 1 N–H and O–H groups in total. The van der Waals surface area contributed by atoms with Gasteiger partial charge in [-0.2, -0.15) is 0 Å². The molecule has 8 nitrogen and oxygen atoms in total. The Hall–Kier alpha value is -2.52. The first-order chi connectivity index (χ1) is 16.1. The van der Waals surface area contributed by atoms with Crippen molar-refractivity contribution in [3.05, 3.63) is 60.2 Å². The first-order valence-corrected chi connectivity index (χ1v) is 11.2. The van der Waals surface area contributed by atoms with E-state index >= 15 is 0 Å². The molecule has 0 spiro atoms. The average molecular weight is 479 g/mol. The van der Waals surface area contributed by atoms with Gasteiger partial charge in [-0.25, -0.2) is 0 Å². The van der Waals surface area contributed by atoms with Crippen molar-refractivity contribution in [3.63, 3.8) is 0 Å². The summed E-state index contributed by atoms with van der Waals surface area (Å²) in [5, 5.41) is 10.2. The van der Waals surface area contributed by atoms with Crippen LogP contribution in [0.3, 0.4) is 0 Å². The van der Waals surface area contributed by atoms with Gasteiger partial charge in [0.1, 0.15) is 18.8 Å². The number of aliphatic hydroxyl groups is 1. The van der Waals surface area contributed by atoms with Crippen LogP contribution in [0.15, 0.2) is 54.6 Å². The number of carbonyl (C=O) groups is 2. The number of ether oxygens (including phenoxy) is 5. The third kappa shape index (κ3) is 12.1. The van der Waals surface area contributed by atoms with E-state index in [-0.39, 0.29) is 39.5 Å². The van der Waals surface area contributed by atoms with E-state index in [4.69, 9.17) is 23.7 Å². The van der Waals surface area contributed by atoms with Gasteiger partial charge in [0.05, 0.1) is 52.0 Å². The smallest absolute Gasteiger partial charge is 0.311 e. The van der Waals surface area contributed by atoms with Crippen molar-refractivity contribution in [1.29, 1.82) is 0 Å². The highest BCUT2D eigenvalue weighted by molar-refractivity contribution is 5.80. The van der Waals surface area contributed by atoms with Crippen molar-refractivity contribution in [1.82, 2.24) is 0 Å². The van der Waals surface area contributed by atoms with Crippen LogP contribution in [0.1, 0.15) is 32.8 Å². The Labute approximate surface area is 202 Å². The summed E-state index contributed by atoms with van der Waals surface area (Å²) in [6.07, 6.45) is -2.37. The van der Waals surface area contributed by atoms with Gasteiger partial charge < -0.3 is 28.8 Å². The molecule has 1 aromatic rings. The number of methoxy groups -OCH3 is 1. The number of rotatable bonds is 17. The maximum Gasteiger partial charge on any atom is 0.311 e. The predicted octanol–water partition coefficient (Wildman–Crippen LogP) is 3.23. The van der Waals surface area contributed by atoms with E-state index in [2.05, 4.69) is 13.2 Å². The molecule has 0 aromatic heterocycles. The summed E-state index contributed by atoms with van der Waals surface area (Å²) in [4.78, 5) is 24.5. The molecular formula is C26H38O8. The number of esters is 2. The van der Waals surface area contributed by atoms with E-state index < -0.39 is 36.2 Å². The predicted molar refractivity (Wildman–Crippen MR) is 128 cm³/mol. The molecule has 8 heteroatoms. The summed E-state index contributed by atoms with van der Waals surface area (Å²) in [5.41, 5.74) is 2.44. The van der Waals surface area contributed by atoms with Crippen LogP contribution in [0.4, 0.5) is 0 Å². The van der Waals surface area contributed by atoms with Crippen molar-refractivity contribution in [2.75, 3.05) is 33.5 Å². The zero-order valence-corrected chi connectivity index (χ0v) is 20.7. The summed E-state index contributed by atoms with van der Waals surface area (Å²) in [6.45, 7) is 13.4. The van der Waals surface area contributed by atoms with E-state index in [9.17, 15) is 14.7 Å². The van der Waals surface area contributed by atoms with E-state index in [0.29, 0.717) is 0 Å². The monoisotopic (exact) mass is 478 g/mol. The Morgan fingerprint density at radius 1 is 1.00 bits per heavy atom. The lowest BCUT2D eigenvalue weighted by Gasteiger charge is -2.30. The van der Waals surface area contributed by atoms with Gasteiger partial charge in [-0.1, -0.05) is 54.6 Å². The van der Waals surface area contributed by atoms with Gasteiger partial charge in [0.15, 0.2) is 0 Å². The fraction of sp³-hybridized carbons (Fsp3) is 0.538. The van der Waals surface area contributed by atoms with Crippen molar-refractivity contribution < 1.29 is 38.4 Å². The highest BCUT2D eigenvalue weighted by atomic mass is 16.6. The highest BCUT2D eigenvalue weighted by Gasteiger charge is 2.30. The van der Waals surface area contributed by atoms with Gasteiger partial charge in [0, 0.05) is 0 Å². The van der Waals surface area contributed by atoms with Crippen LogP contribution in [0.5, 0.6) is 0 Å². The molecule has 0 unspecified atom stereocenters. The van der Waals surface area contributed by atoms with Crippen LogP contribution in [-0.4, -0.2) is 68.9 Å². The fourth-order valence-electron chi connectivity index (χ4n) is 2.98. The van der Waals surface area contributed by atoms with Crippen LogP contribution < -0.4 is 0 Å². The van der Waals surface area contributed by atoms with E-state index in [1.807, 2.05) is 44.2 Å². The summed E-state index contributed by atoms with van der Waals surface area (Å²) in [7, 11) is 1.25. The lowest BCUT2D eigenvalue weighted by Crippen LogP contribution is -2.43. The van der Waals surface area contributed by atoms with Gasteiger partial charge >= 0.3 is 11.9 Å². The third-order valence-electron chi connectivity index (χ3n) is 4.70. The molecular weight excluding hydrogens is 440 g/mol. The topological polar surface area (TPSA) is 101 Å². The number of benzene rings is 1. The average Bonchev–Trinajstić information content (AvgIpc) is 2.79. The molecule has 190 valence electrons. The first kappa shape index (κ1) is 29.5. The zero-order valence-electron chi connectivity index (χ0n) is 20.7. The molecule has 0 aliphatic carbocycles. The second-order valence-electron chi connectivity index (χ2n) is 8.39. The van der Waals surface area contributed by atoms with Crippen LogP contribution in [0.25, 0.3) is 0 Å². The molecule has 0 fully saturated rings. The quantitative estimate of drug-likeness (QED) is 0.269. The summed E-state index contributed by atoms with van der Waals surface area (Å²) < 4.78 is 27.5. The summed E-state index contributed by atoms with van der Waals surface area (Å²) in [6, 6.07) is 9.25. The maximum absolute atomic E-state index is 12.3. The van der Waals surface area contributed by atoms with Gasteiger partial charge in [-0.05, 0) is 26.3 Å². The Kier molecular flexibility index (Phi) is 14.0. The lowest BCUT2D eigenvalue weighted by atomic mass is 10.1. The molecule has 0 heterocycles. The lowest BCUT2D eigenvalue weighted by molar-refractivity contribution is -0.159. The molecule has 0 aliphatic rings. The van der Waals surface area contributed by atoms with Crippen LogP contribution in [0, 0.1) is 5.92 Å². The largest absolute Gasteiger partial charge is 0.469 e. The van der Waals surface area contributed by atoms with Gasteiger partial charge in [0.25, 0.3) is 0 Å². The van der Waals surface area contributed by atoms with Crippen molar-refractivity contribution >= 4 is 11.9 Å². The molecule has 0 radical (unpaired) electrons. The molecule has 4 atom stereocenters. The molecule has 1 rings (SSSR count). The second-order valence-corrected chi connectivity index (χ2v) is 8.39. The van der Waals surface area contributed by atoms with E-state index in [0.717, 1.165) is 16.7 Å². The van der Waals surface area contributed by atoms with Crippen LogP contribution in [-0.2, 0) is 39.9 Å².